The van der Waals surface area contributed by atoms with Crippen LogP contribution in [0.4, 0.5) is 0 Å². The maximum Gasteiger partial charge on any atom is 0.187 e. The number of allylic oxidation sites excluding steroid dienone is 5. The van der Waals surface area contributed by atoms with Crippen LogP contribution in [0.25, 0.3) is 0 Å². The molecule has 0 radical (unpaired) electrons. The van der Waals surface area contributed by atoms with Crippen LogP contribution >= 0.6 is 0 Å². The number of rotatable bonds is 3. The Morgan fingerprint density at radius 2 is 1.82 bits per heavy atom. The fraction of sp³-hybridized carbons (Fsp3) is 0.0667. The van der Waals surface area contributed by atoms with Crippen LogP contribution in [0, 0.1) is 0 Å². The summed E-state index contributed by atoms with van der Waals surface area (Å²) >= 11 is 0. The molecule has 22 heavy (non-hydrogen) atoms. The molecule has 1 aliphatic carbocycles. The standard InChI is InChI=1S/C14H13NO4.CH3NO/c16-12-4-2-1-3-11(12)9-15(19)8-10-5-6-13(17)14(18)7-10;1-2-3/h1-7,9,17-19H,8H2;3H,1H2. The second-order valence-electron chi connectivity index (χ2n) is 4.23. The number of nitrogens with zero attached hydrogens (tertiary/aromatic N) is 2. The molecule has 116 valence electrons. The number of phenolic OH excluding ortho intramolecular Hbond substituents is 2. The highest BCUT2D eigenvalue weighted by molar-refractivity contribution is 6.07. The molecule has 0 fully saturated rings. The van der Waals surface area contributed by atoms with Gasteiger partial charge >= 0.3 is 0 Å². The molecule has 7 heteroatoms. The van der Waals surface area contributed by atoms with E-state index in [-0.39, 0.29) is 23.8 Å². The third-order valence-electron chi connectivity index (χ3n) is 2.59. The SMILES string of the molecule is C=NO.O=C1C=CC=CC1=CN(O)Cc1ccc(O)c(O)c1. The maximum absolute atomic E-state index is 11.5. The lowest BCUT2D eigenvalue weighted by atomic mass is 10.1. The number of hydrogen-bond acceptors (Lipinski definition) is 7. The lowest BCUT2D eigenvalue weighted by Crippen LogP contribution is -2.14. The van der Waals surface area contributed by atoms with Gasteiger partial charge in [0.05, 0.1) is 6.54 Å². The highest BCUT2D eigenvalue weighted by atomic mass is 16.5. The van der Waals surface area contributed by atoms with Gasteiger partial charge < -0.3 is 15.4 Å². The van der Waals surface area contributed by atoms with E-state index in [0.717, 1.165) is 5.06 Å². The van der Waals surface area contributed by atoms with E-state index in [1.165, 1.54) is 24.4 Å². The quantitative estimate of drug-likeness (QED) is 0.223. The molecule has 0 amide bonds. The topological polar surface area (TPSA) is 114 Å². The molecule has 0 heterocycles. The Balaban J connectivity index is 0.000000745. The molecule has 1 aromatic rings. The molecule has 7 nitrogen and oxygen atoms in total. The van der Waals surface area contributed by atoms with Gasteiger partial charge in [0.15, 0.2) is 17.3 Å². The molecular formula is C15H16N2O5. The molecule has 1 aromatic carbocycles. The number of hydroxylamine groups is 2. The van der Waals surface area contributed by atoms with Crippen LogP contribution in [-0.2, 0) is 11.3 Å². The van der Waals surface area contributed by atoms with E-state index in [2.05, 4.69) is 11.9 Å². The molecule has 0 saturated heterocycles. The van der Waals surface area contributed by atoms with Crippen LogP contribution in [-0.4, -0.2) is 38.2 Å². The molecule has 0 atom stereocenters. The predicted molar refractivity (Wildman–Crippen MR) is 79.8 cm³/mol. The number of ketones is 1. The number of phenols is 2. The summed E-state index contributed by atoms with van der Waals surface area (Å²) in [6.45, 7) is 2.75. The number of aromatic hydroxyl groups is 2. The fourth-order valence-corrected chi connectivity index (χ4v) is 1.65. The second kappa shape index (κ2) is 8.28. The largest absolute Gasteiger partial charge is 0.504 e. The molecule has 0 bridgehead atoms. The zero-order valence-electron chi connectivity index (χ0n) is 11.6. The minimum Gasteiger partial charge on any atom is -0.504 e. The summed E-state index contributed by atoms with van der Waals surface area (Å²) in [5.41, 5.74) is 0.963. The number of carbonyl (C=O) groups is 1. The lowest BCUT2D eigenvalue weighted by molar-refractivity contribution is -0.111. The molecule has 0 aromatic heterocycles. The average molecular weight is 304 g/mol. The second-order valence-corrected chi connectivity index (χ2v) is 4.23. The van der Waals surface area contributed by atoms with Crippen LogP contribution in [0.2, 0.25) is 0 Å². The Morgan fingerprint density at radius 3 is 2.41 bits per heavy atom. The summed E-state index contributed by atoms with van der Waals surface area (Å²) in [6, 6.07) is 4.24. The Hall–Kier alpha value is -3.06. The third-order valence-corrected chi connectivity index (χ3v) is 2.59. The van der Waals surface area contributed by atoms with Gasteiger partial charge in [-0.2, -0.15) is 0 Å². The first-order chi connectivity index (χ1) is 10.5. The van der Waals surface area contributed by atoms with Crippen molar-refractivity contribution in [3.05, 3.63) is 59.8 Å². The van der Waals surface area contributed by atoms with E-state index in [1.807, 2.05) is 0 Å². The maximum atomic E-state index is 11.5. The van der Waals surface area contributed by atoms with Crippen molar-refractivity contribution in [2.24, 2.45) is 5.16 Å². The van der Waals surface area contributed by atoms with Gasteiger partial charge in [0.25, 0.3) is 0 Å². The summed E-state index contributed by atoms with van der Waals surface area (Å²) in [5.74, 6) is -0.660. The smallest absolute Gasteiger partial charge is 0.187 e. The van der Waals surface area contributed by atoms with Crippen molar-refractivity contribution < 1.29 is 25.4 Å². The van der Waals surface area contributed by atoms with Gasteiger partial charge in [-0.15, -0.1) is 5.16 Å². The van der Waals surface area contributed by atoms with Crippen molar-refractivity contribution in [2.45, 2.75) is 6.54 Å². The van der Waals surface area contributed by atoms with E-state index in [1.54, 1.807) is 24.3 Å². The van der Waals surface area contributed by atoms with Crippen molar-refractivity contribution in [3.63, 3.8) is 0 Å². The van der Waals surface area contributed by atoms with Crippen molar-refractivity contribution in [3.8, 4) is 11.5 Å². The van der Waals surface area contributed by atoms with Crippen molar-refractivity contribution in [1.29, 1.82) is 0 Å². The van der Waals surface area contributed by atoms with Gasteiger partial charge in [0, 0.05) is 18.5 Å². The molecular weight excluding hydrogens is 288 g/mol. The Bertz CT molecular complexity index is 635. The number of hydrogen-bond donors (Lipinski definition) is 4. The van der Waals surface area contributed by atoms with E-state index in [4.69, 9.17) is 5.21 Å². The summed E-state index contributed by atoms with van der Waals surface area (Å²) < 4.78 is 0. The summed E-state index contributed by atoms with van der Waals surface area (Å²) in [7, 11) is 0. The van der Waals surface area contributed by atoms with Crippen LogP contribution in [0.1, 0.15) is 5.56 Å². The first kappa shape index (κ1) is 17.0. The number of oxime groups is 1. The Kier molecular flexibility index (Phi) is 6.39. The normalized spacial score (nSPS) is 14.4. The molecule has 4 N–H and O–H groups in total. The van der Waals surface area contributed by atoms with Crippen LogP contribution < -0.4 is 0 Å². The van der Waals surface area contributed by atoms with Crippen LogP contribution in [0.5, 0.6) is 11.5 Å². The van der Waals surface area contributed by atoms with Crippen LogP contribution in [0.3, 0.4) is 0 Å². The molecule has 0 saturated carbocycles. The third kappa shape index (κ3) is 5.14. The highest BCUT2D eigenvalue weighted by Crippen LogP contribution is 2.25. The zero-order chi connectivity index (χ0) is 16.5. The summed E-state index contributed by atoms with van der Waals surface area (Å²) in [4.78, 5) is 11.5. The molecule has 0 aliphatic heterocycles. The number of carbonyl (C=O) groups excluding carboxylic acids is 1. The molecule has 0 spiro atoms. The van der Waals surface area contributed by atoms with E-state index < -0.39 is 0 Å². The van der Waals surface area contributed by atoms with E-state index >= 15 is 0 Å². The molecule has 2 rings (SSSR count). The summed E-state index contributed by atoms with van der Waals surface area (Å²) in [5, 5.41) is 38.4. The van der Waals surface area contributed by atoms with Gasteiger partial charge in [0.2, 0.25) is 0 Å². The number of benzene rings is 1. The highest BCUT2D eigenvalue weighted by Gasteiger charge is 2.08. The van der Waals surface area contributed by atoms with E-state index in [9.17, 15) is 20.2 Å². The van der Waals surface area contributed by atoms with Gasteiger partial charge in [-0.25, -0.2) is 0 Å². The predicted octanol–water partition coefficient (Wildman–Crippen LogP) is 1.94. The van der Waals surface area contributed by atoms with E-state index in [0.29, 0.717) is 11.1 Å². The van der Waals surface area contributed by atoms with Crippen molar-refractivity contribution in [2.75, 3.05) is 0 Å². The molecule has 0 unspecified atom stereocenters. The monoisotopic (exact) mass is 304 g/mol. The van der Waals surface area contributed by atoms with Crippen molar-refractivity contribution in [1.82, 2.24) is 5.06 Å². The Morgan fingerprint density at radius 1 is 1.18 bits per heavy atom. The van der Waals surface area contributed by atoms with Gasteiger partial charge in [-0.05, 0) is 29.8 Å². The zero-order valence-corrected chi connectivity index (χ0v) is 11.6. The first-order valence-electron chi connectivity index (χ1n) is 6.15. The van der Waals surface area contributed by atoms with Crippen molar-refractivity contribution >= 4 is 12.5 Å². The molecule has 1 aliphatic rings. The van der Waals surface area contributed by atoms with Gasteiger partial charge in [-0.3, -0.25) is 15.1 Å². The minimum atomic E-state index is -0.255. The van der Waals surface area contributed by atoms with Crippen LogP contribution in [0.15, 0.2) is 59.4 Å². The summed E-state index contributed by atoms with van der Waals surface area (Å²) in [6.07, 6.45) is 7.64. The Labute approximate surface area is 127 Å². The minimum absolute atomic E-state index is 0.0855. The lowest BCUT2D eigenvalue weighted by Gasteiger charge is -2.14. The van der Waals surface area contributed by atoms with Gasteiger partial charge in [0.1, 0.15) is 0 Å². The fourth-order valence-electron chi connectivity index (χ4n) is 1.65. The first-order valence-corrected chi connectivity index (χ1v) is 6.15. The average Bonchev–Trinajstić information content (AvgIpc) is 2.46. The van der Waals surface area contributed by atoms with Gasteiger partial charge in [-0.1, -0.05) is 18.2 Å².